The summed E-state index contributed by atoms with van der Waals surface area (Å²) >= 11 is 0. The summed E-state index contributed by atoms with van der Waals surface area (Å²) in [7, 11) is 0. The third kappa shape index (κ3) is 28.7. The number of benzene rings is 3. The number of aromatic amines is 3. The number of para-hydroxylation sites is 2. The Morgan fingerprint density at radius 2 is 0.934 bits per heavy atom. The predicted octanol–water partition coefficient (Wildman–Crippen LogP) is -3.86. The van der Waals surface area contributed by atoms with Crippen LogP contribution in [-0.4, -0.2) is 246 Å². The summed E-state index contributed by atoms with van der Waals surface area (Å²) in [4.78, 5) is 236. The van der Waals surface area contributed by atoms with Crippen molar-refractivity contribution in [3.63, 3.8) is 0 Å². The number of likely N-dealkylation sites (tertiary alicyclic amines) is 1. The van der Waals surface area contributed by atoms with Gasteiger partial charge in [-0.3, -0.25) is 76.7 Å². The molecule has 6 aromatic rings. The number of aromatic hydroxyl groups is 1. The van der Waals surface area contributed by atoms with E-state index >= 15 is 4.79 Å². The number of hydrogen-bond donors (Lipinski definition) is 22. The highest BCUT2D eigenvalue weighted by Gasteiger charge is 2.41. The molecule has 4 heterocycles. The Morgan fingerprint density at radius 1 is 0.488 bits per heavy atom. The van der Waals surface area contributed by atoms with Crippen LogP contribution in [0.25, 0.3) is 21.8 Å². The molecule has 25 N–H and O–H groups in total. The highest BCUT2D eigenvalue weighted by atomic mass is 16.3. The van der Waals surface area contributed by atoms with Gasteiger partial charge in [-0.2, -0.15) is 0 Å². The van der Waals surface area contributed by atoms with Gasteiger partial charge in [0.25, 0.3) is 0 Å². The van der Waals surface area contributed by atoms with Gasteiger partial charge >= 0.3 is 0 Å². The van der Waals surface area contributed by atoms with Crippen LogP contribution in [0.2, 0.25) is 0 Å². The number of aliphatic hydroxyl groups is 2. The number of hydrogen-bond acceptors (Lipinski definition) is 21. The number of nitrogens with two attached hydrogens (primary N) is 3. The Labute approximate surface area is 697 Å². The van der Waals surface area contributed by atoms with Crippen molar-refractivity contribution in [1.29, 1.82) is 0 Å². The van der Waals surface area contributed by atoms with Gasteiger partial charge in [0.15, 0.2) is 0 Å². The van der Waals surface area contributed by atoms with Crippen molar-refractivity contribution in [1.82, 2.24) is 94.0 Å². The molecule has 3 aromatic heterocycles. The Bertz CT molecular complexity index is 4640. The van der Waals surface area contributed by atoms with E-state index in [1.807, 2.05) is 0 Å². The Hall–Kier alpha value is -12.8. The zero-order chi connectivity index (χ0) is 89.1. The SMILES string of the molecule is CC(C)C[C@H](NC(=O)[C@H](CC(C)C)NC(=O)[C@H](Cc1ccc(O)cc1)NC(=O)[C@@H](Cc1c[nH]c2ccccc12)NC(=O)[C@H](C)NC(=O)[C@@H](CO)NC(=O)[C@H](CC(N)=O)NC(=O)[C@H](CC(C)C)NC(=O)[C@@H](NC(=O)[C@H](Cc1c[nH]c2ccccc12)NC(=O)CN)[C@@H](C)O)C(=O)NCC(=O)N1CCC[C@H]1C(=O)N[C@@H](Cc1c[nH]cn1)C(=O)N[C@@H](C)C(N)=O. The molecule has 3 aromatic carbocycles. The first-order valence-corrected chi connectivity index (χ1v) is 40.0. The van der Waals surface area contributed by atoms with E-state index in [1.54, 1.807) is 102 Å². The smallest absolute Gasteiger partial charge is 0.245 e. The van der Waals surface area contributed by atoms with Crippen LogP contribution in [0.4, 0.5) is 0 Å². The van der Waals surface area contributed by atoms with E-state index in [1.165, 1.54) is 62.5 Å². The van der Waals surface area contributed by atoms with E-state index in [0.717, 1.165) is 10.9 Å². The van der Waals surface area contributed by atoms with Crippen molar-refractivity contribution in [2.45, 2.75) is 211 Å². The molecule has 656 valence electrons. The van der Waals surface area contributed by atoms with Crippen molar-refractivity contribution in [2.75, 3.05) is 26.2 Å². The first-order chi connectivity index (χ1) is 57.3. The van der Waals surface area contributed by atoms with Crippen molar-refractivity contribution < 1.29 is 92.0 Å². The third-order valence-electron chi connectivity index (χ3n) is 20.0. The number of amides is 16. The molecular formula is C81H113N21O19. The number of carbonyl (C=O) groups excluding carboxylic acids is 16. The first kappa shape index (κ1) is 95.3. The minimum Gasteiger partial charge on any atom is -0.508 e. The van der Waals surface area contributed by atoms with Crippen molar-refractivity contribution in [3.8, 4) is 5.75 Å². The number of aromatic nitrogens is 4. The van der Waals surface area contributed by atoms with Crippen LogP contribution in [0.15, 0.2) is 97.7 Å². The molecule has 0 spiro atoms. The summed E-state index contributed by atoms with van der Waals surface area (Å²) in [6.45, 7) is 12.1. The molecule has 1 fully saturated rings. The minimum absolute atomic E-state index is 0.0259. The standard InChI is InChI=1S/C81H113N21O19/c1-40(2)25-55(71(111)88-37-67(108)102-24-14-19-64(102)80(120)98-61(31-49-36-85-39-89-49)72(112)90-43(7)69(84)109)94-73(113)56(26-41(3)4)95-75(115)58(28-46-20-22-50(105)23-21-46)96-76(116)60(30-48-35-87-54-18-13-11-16-52(48)54)93-70(110)44(8)91-79(119)63(38-103)100-77(117)62(32-65(83)106)97-74(114)57(27-42(5)6)99-81(121)68(45(9)104)101-78(118)59(92-66(107)33-82)29-47-34-86-53-17-12-10-15-51(47)53/h10-13,15-18,20-23,34-36,39-45,55-64,68,86-87,103-105H,14,19,24-33,37-38,82H2,1-9H3,(H2,83,106)(H2,84,109)(H,85,89)(H,88,111)(H,90,112)(H,91,119)(H,92,107)(H,93,110)(H,94,113)(H,95,115)(H,96,116)(H,97,114)(H,98,120)(H,99,121)(H,100,117)(H,101,118)/t43-,44-,45+,55-,56-,57-,58-,59-,60+,61-,62-,63+,64-,68-/m0/s1. The molecule has 40 nitrogen and oxygen atoms in total. The van der Waals surface area contributed by atoms with E-state index in [9.17, 15) is 87.2 Å². The lowest BCUT2D eigenvalue weighted by molar-refractivity contribution is -0.140. The number of imidazole rings is 1. The van der Waals surface area contributed by atoms with Crippen molar-refractivity contribution in [2.24, 2.45) is 35.0 Å². The van der Waals surface area contributed by atoms with Crippen LogP contribution in [0.5, 0.6) is 5.75 Å². The minimum atomic E-state index is -1.92. The highest BCUT2D eigenvalue weighted by Crippen LogP contribution is 2.24. The molecule has 0 unspecified atom stereocenters. The largest absolute Gasteiger partial charge is 0.508 e. The van der Waals surface area contributed by atoms with Crippen LogP contribution in [0, 0.1) is 17.8 Å². The van der Waals surface area contributed by atoms with Crippen LogP contribution < -0.4 is 86.3 Å². The number of fused-ring (bicyclic) bond motifs is 2. The average Bonchev–Trinajstić information content (AvgIpc) is 1.74. The zero-order valence-electron chi connectivity index (χ0n) is 69.0. The van der Waals surface area contributed by atoms with Crippen molar-refractivity contribution >= 4 is 116 Å². The van der Waals surface area contributed by atoms with Crippen LogP contribution in [-0.2, 0) is 102 Å². The summed E-state index contributed by atoms with van der Waals surface area (Å²) in [5.41, 5.74) is 19.8. The number of H-pyrrole nitrogens is 3. The molecular weight excluding hydrogens is 1570 g/mol. The van der Waals surface area contributed by atoms with Crippen LogP contribution in [0.1, 0.15) is 123 Å². The number of rotatable bonds is 46. The van der Waals surface area contributed by atoms with Gasteiger partial charge in [0.05, 0.1) is 44.2 Å². The van der Waals surface area contributed by atoms with Gasteiger partial charge in [0.1, 0.15) is 84.3 Å². The summed E-state index contributed by atoms with van der Waals surface area (Å²) in [6.07, 6.45) is 3.32. The van der Waals surface area contributed by atoms with Crippen molar-refractivity contribution in [3.05, 3.63) is 120 Å². The second-order valence-corrected chi connectivity index (χ2v) is 31.4. The molecule has 0 bridgehead atoms. The molecule has 1 aliphatic heterocycles. The maximum atomic E-state index is 15.1. The van der Waals surface area contributed by atoms with Gasteiger partial charge in [-0.15, -0.1) is 0 Å². The van der Waals surface area contributed by atoms with Gasteiger partial charge in [0.2, 0.25) is 94.5 Å². The number of carbonyl (C=O) groups is 16. The van der Waals surface area contributed by atoms with E-state index in [0.29, 0.717) is 39.7 Å². The lowest BCUT2D eigenvalue weighted by atomic mass is 9.98. The maximum absolute atomic E-state index is 15.1. The third-order valence-corrected chi connectivity index (χ3v) is 20.0. The van der Waals surface area contributed by atoms with Crippen LogP contribution >= 0.6 is 0 Å². The Morgan fingerprint density at radius 3 is 1.45 bits per heavy atom. The quantitative estimate of drug-likeness (QED) is 0.0174. The molecule has 7 rings (SSSR count). The second-order valence-electron chi connectivity index (χ2n) is 31.4. The number of aliphatic hydroxyl groups excluding tert-OH is 2. The molecule has 0 aliphatic carbocycles. The molecule has 0 saturated carbocycles. The molecule has 1 saturated heterocycles. The fraction of sp³-hybridized carbons (Fsp3) is 0.494. The Kier molecular flexibility index (Phi) is 35.7. The van der Waals surface area contributed by atoms with Crippen LogP contribution in [0.3, 0.4) is 0 Å². The van der Waals surface area contributed by atoms with E-state index in [2.05, 4.69) is 89.1 Å². The van der Waals surface area contributed by atoms with Gasteiger partial charge in [-0.1, -0.05) is 90.1 Å². The molecule has 16 amide bonds. The summed E-state index contributed by atoms with van der Waals surface area (Å²) in [6, 6.07) is 0.482. The molecule has 14 atom stereocenters. The summed E-state index contributed by atoms with van der Waals surface area (Å²) in [5, 5.41) is 66.1. The molecule has 0 radical (unpaired) electrons. The molecule has 121 heavy (non-hydrogen) atoms. The normalized spacial score (nSPS) is 15.9. The highest BCUT2D eigenvalue weighted by molar-refractivity contribution is 6.02. The zero-order valence-corrected chi connectivity index (χ0v) is 69.0. The maximum Gasteiger partial charge on any atom is 0.245 e. The summed E-state index contributed by atoms with van der Waals surface area (Å²) in [5.74, 6) is -15.9. The monoisotopic (exact) mass is 1680 g/mol. The Balaban J connectivity index is 1.03. The van der Waals surface area contributed by atoms with E-state index in [4.69, 9.17) is 17.2 Å². The van der Waals surface area contributed by atoms with E-state index in [-0.39, 0.29) is 81.4 Å². The average molecular weight is 1680 g/mol. The topological polar surface area (TPSA) is 632 Å². The second kappa shape index (κ2) is 45.4. The fourth-order valence-corrected chi connectivity index (χ4v) is 13.7. The fourth-order valence-electron chi connectivity index (χ4n) is 13.7. The lowest BCUT2D eigenvalue weighted by Gasteiger charge is -2.29. The van der Waals surface area contributed by atoms with Gasteiger partial charge in [0, 0.05) is 72.6 Å². The number of nitrogens with one attached hydrogen (secondary N) is 16. The predicted molar refractivity (Wildman–Crippen MR) is 440 cm³/mol. The van der Waals surface area contributed by atoms with Gasteiger partial charge < -0.3 is 121 Å². The molecule has 1 aliphatic rings. The number of phenolic OH excluding ortho intramolecular Hbond substituents is 1. The van der Waals surface area contributed by atoms with Gasteiger partial charge in [-0.05, 0) is 112 Å². The number of primary amides is 2. The number of phenols is 1. The first-order valence-electron chi connectivity index (χ1n) is 40.0. The number of nitrogens with zero attached hydrogens (tertiary/aromatic N) is 2. The van der Waals surface area contributed by atoms with Gasteiger partial charge in [-0.25, -0.2) is 4.98 Å². The molecule has 40 heteroatoms. The van der Waals surface area contributed by atoms with E-state index < -0.39 is 205 Å². The lowest BCUT2D eigenvalue weighted by Crippen LogP contribution is -2.62. The summed E-state index contributed by atoms with van der Waals surface area (Å²) < 4.78 is 0.